The van der Waals surface area contributed by atoms with Crippen LogP contribution in [0.25, 0.3) is 0 Å². The topological polar surface area (TPSA) is 66.8 Å². The average Bonchev–Trinajstić information content (AvgIpc) is 3.06. The zero-order valence-electron chi connectivity index (χ0n) is 12.8. The van der Waals surface area contributed by atoms with Crippen LogP contribution in [-0.4, -0.2) is 41.9 Å². The van der Waals surface area contributed by atoms with E-state index in [1.54, 1.807) is 36.5 Å². The lowest BCUT2D eigenvalue weighted by atomic mass is 10.2. The van der Waals surface area contributed by atoms with Crippen LogP contribution in [-0.2, 0) is 0 Å². The molecule has 1 N–H and O–H groups in total. The Labute approximate surface area is 149 Å². The number of nitrogens with one attached hydrogen (secondary N) is 1. The van der Waals surface area contributed by atoms with E-state index in [0.717, 1.165) is 0 Å². The lowest BCUT2D eigenvalue weighted by Gasteiger charge is -2.21. The molecule has 3 rings (SSSR count). The van der Waals surface area contributed by atoms with Crippen molar-refractivity contribution in [1.82, 2.24) is 9.88 Å². The first kappa shape index (κ1) is 16.5. The largest absolute Gasteiger partial charge is 0.480 e. The van der Waals surface area contributed by atoms with Gasteiger partial charge in [0.2, 0.25) is 11.8 Å². The number of rotatable bonds is 3. The number of ether oxygens (including phenoxy) is 1. The Bertz CT molecular complexity index is 790. The van der Waals surface area contributed by atoms with E-state index in [-0.39, 0.29) is 11.8 Å². The number of methoxy groups -OCH3 is 1. The molecule has 1 aromatic carbocycles. The highest BCUT2D eigenvalue weighted by Crippen LogP contribution is 2.30. The smallest absolute Gasteiger partial charge is 0.266 e. The molecule has 0 bridgehead atoms. The fourth-order valence-electron chi connectivity index (χ4n) is 2.34. The van der Waals surface area contributed by atoms with Crippen molar-refractivity contribution in [2.45, 2.75) is 0 Å². The van der Waals surface area contributed by atoms with Crippen LogP contribution in [0.5, 0.6) is 5.88 Å². The average molecular weight is 365 g/mol. The summed E-state index contributed by atoms with van der Waals surface area (Å²) >= 11 is 12.3. The number of benzene rings is 1. The second-order valence-corrected chi connectivity index (χ2v) is 5.76. The maximum atomic E-state index is 12.8. The van der Waals surface area contributed by atoms with Crippen LogP contribution in [0.15, 0.2) is 41.5 Å². The minimum Gasteiger partial charge on any atom is -0.480 e. The summed E-state index contributed by atoms with van der Waals surface area (Å²) in [5, 5.41) is 3.94. The summed E-state index contributed by atoms with van der Waals surface area (Å²) < 4.78 is 5.16. The highest BCUT2D eigenvalue weighted by atomic mass is 35.5. The van der Waals surface area contributed by atoms with Crippen molar-refractivity contribution in [3.63, 3.8) is 0 Å². The van der Waals surface area contributed by atoms with Gasteiger partial charge in [-0.25, -0.2) is 4.98 Å². The molecule has 0 saturated heterocycles. The number of halogens is 2. The summed E-state index contributed by atoms with van der Waals surface area (Å²) in [6, 6.07) is 8.51. The van der Waals surface area contributed by atoms with Gasteiger partial charge in [-0.05, 0) is 24.3 Å². The van der Waals surface area contributed by atoms with Gasteiger partial charge in [-0.1, -0.05) is 29.3 Å². The number of aromatic nitrogens is 1. The first-order valence-corrected chi connectivity index (χ1v) is 7.93. The predicted molar refractivity (Wildman–Crippen MR) is 94.2 cm³/mol. The summed E-state index contributed by atoms with van der Waals surface area (Å²) in [5.74, 6) is 0.400. The van der Waals surface area contributed by atoms with Crippen LogP contribution in [0.4, 0.5) is 5.69 Å². The molecule has 0 saturated carbocycles. The van der Waals surface area contributed by atoms with Crippen LogP contribution in [0.3, 0.4) is 0 Å². The van der Waals surface area contributed by atoms with Gasteiger partial charge in [0.15, 0.2) is 0 Å². The van der Waals surface area contributed by atoms with E-state index in [1.165, 1.54) is 12.0 Å². The second kappa shape index (κ2) is 7.07. The van der Waals surface area contributed by atoms with Gasteiger partial charge in [-0.3, -0.25) is 14.7 Å². The molecular weight excluding hydrogens is 351 g/mol. The zero-order chi connectivity index (χ0) is 17.1. The molecule has 0 aliphatic carbocycles. The molecule has 0 radical (unpaired) electrons. The first-order chi connectivity index (χ1) is 11.6. The molecule has 0 atom stereocenters. The number of hydrogen-bond donors (Lipinski definition) is 1. The standard InChI is InChI=1S/C16H14Cl2N4O2/c1-24-14-10(4-3-7-19-14)15(23)22-9-8-20-16(22)21-13-11(17)5-2-6-12(13)18/h2-7H,8-9H2,1H3,(H,20,21). The normalized spacial score (nSPS) is 13.6. The Morgan fingerprint density at radius 2 is 2.00 bits per heavy atom. The number of pyridine rings is 1. The Hall–Kier alpha value is -2.31. The van der Waals surface area contributed by atoms with Crippen LogP contribution in [0.2, 0.25) is 10.0 Å². The monoisotopic (exact) mass is 364 g/mol. The quantitative estimate of drug-likeness (QED) is 0.906. The van der Waals surface area contributed by atoms with E-state index in [2.05, 4.69) is 15.3 Å². The van der Waals surface area contributed by atoms with Crippen LogP contribution < -0.4 is 10.1 Å². The molecule has 1 amide bonds. The van der Waals surface area contributed by atoms with Crippen LogP contribution >= 0.6 is 23.2 Å². The number of guanidine groups is 1. The minimum atomic E-state index is -0.258. The third-order valence-corrected chi connectivity index (χ3v) is 4.11. The Balaban J connectivity index is 1.87. The molecule has 6 nitrogen and oxygen atoms in total. The number of aliphatic imine (C=N–C) groups is 1. The Morgan fingerprint density at radius 1 is 1.25 bits per heavy atom. The SMILES string of the molecule is COc1ncccc1C(=O)N1CCN=C1Nc1c(Cl)cccc1Cl. The van der Waals surface area contributed by atoms with Gasteiger partial charge in [-0.15, -0.1) is 0 Å². The van der Waals surface area contributed by atoms with E-state index >= 15 is 0 Å². The molecule has 0 spiro atoms. The van der Waals surface area contributed by atoms with Crippen molar-refractivity contribution in [3.05, 3.63) is 52.1 Å². The third-order valence-electron chi connectivity index (χ3n) is 3.48. The number of para-hydroxylation sites is 1. The maximum Gasteiger partial charge on any atom is 0.266 e. The van der Waals surface area contributed by atoms with Gasteiger partial charge >= 0.3 is 0 Å². The van der Waals surface area contributed by atoms with Gasteiger partial charge in [-0.2, -0.15) is 0 Å². The van der Waals surface area contributed by atoms with Crippen molar-refractivity contribution in [2.24, 2.45) is 4.99 Å². The van der Waals surface area contributed by atoms with Gasteiger partial charge in [0, 0.05) is 12.7 Å². The van der Waals surface area contributed by atoms with E-state index in [0.29, 0.717) is 40.3 Å². The number of hydrogen-bond acceptors (Lipinski definition) is 5. The Kier molecular flexibility index (Phi) is 4.87. The van der Waals surface area contributed by atoms with Crippen molar-refractivity contribution < 1.29 is 9.53 Å². The van der Waals surface area contributed by atoms with E-state index in [9.17, 15) is 4.79 Å². The van der Waals surface area contributed by atoms with Crippen molar-refractivity contribution >= 4 is 40.8 Å². The third kappa shape index (κ3) is 3.16. The molecule has 0 fully saturated rings. The van der Waals surface area contributed by atoms with E-state index < -0.39 is 0 Å². The molecule has 24 heavy (non-hydrogen) atoms. The lowest BCUT2D eigenvalue weighted by molar-refractivity contribution is 0.0853. The number of nitrogens with zero attached hydrogens (tertiary/aromatic N) is 3. The van der Waals surface area contributed by atoms with Gasteiger partial charge in [0.05, 0.1) is 29.4 Å². The van der Waals surface area contributed by atoms with Crippen molar-refractivity contribution in [2.75, 3.05) is 25.5 Å². The number of carbonyl (C=O) groups is 1. The number of amides is 1. The molecule has 2 aromatic rings. The second-order valence-electron chi connectivity index (χ2n) is 4.94. The Morgan fingerprint density at radius 3 is 2.71 bits per heavy atom. The highest BCUT2D eigenvalue weighted by Gasteiger charge is 2.28. The van der Waals surface area contributed by atoms with Gasteiger partial charge in [0.1, 0.15) is 5.56 Å². The summed E-state index contributed by atoms with van der Waals surface area (Å²) in [6.07, 6.45) is 1.57. The molecule has 1 aromatic heterocycles. The number of carbonyl (C=O) groups excluding carboxylic acids is 1. The minimum absolute atomic E-state index is 0.258. The molecular formula is C16H14Cl2N4O2. The van der Waals surface area contributed by atoms with E-state index in [1.807, 2.05) is 0 Å². The summed E-state index contributed by atoms with van der Waals surface area (Å²) in [7, 11) is 1.47. The van der Waals surface area contributed by atoms with Crippen molar-refractivity contribution in [1.29, 1.82) is 0 Å². The summed E-state index contributed by atoms with van der Waals surface area (Å²) in [6.45, 7) is 0.931. The van der Waals surface area contributed by atoms with Gasteiger partial charge in [0.25, 0.3) is 5.91 Å². The van der Waals surface area contributed by atoms with Gasteiger partial charge < -0.3 is 10.1 Å². The fraction of sp³-hybridized carbons (Fsp3) is 0.188. The lowest BCUT2D eigenvalue weighted by Crippen LogP contribution is -2.38. The molecule has 0 unspecified atom stereocenters. The van der Waals surface area contributed by atoms with Crippen LogP contribution in [0.1, 0.15) is 10.4 Å². The first-order valence-electron chi connectivity index (χ1n) is 7.18. The highest BCUT2D eigenvalue weighted by molar-refractivity contribution is 6.40. The molecule has 1 aliphatic heterocycles. The fourth-order valence-corrected chi connectivity index (χ4v) is 2.83. The summed E-state index contributed by atoms with van der Waals surface area (Å²) in [4.78, 5) is 22.7. The predicted octanol–water partition coefficient (Wildman–Crippen LogP) is 3.32. The molecule has 124 valence electrons. The molecule has 8 heteroatoms. The summed E-state index contributed by atoms with van der Waals surface area (Å²) in [5.41, 5.74) is 0.874. The van der Waals surface area contributed by atoms with Crippen LogP contribution in [0, 0.1) is 0 Å². The van der Waals surface area contributed by atoms with Crippen molar-refractivity contribution in [3.8, 4) is 5.88 Å². The molecule has 2 heterocycles. The van der Waals surface area contributed by atoms with E-state index in [4.69, 9.17) is 27.9 Å². The zero-order valence-corrected chi connectivity index (χ0v) is 14.3. The maximum absolute atomic E-state index is 12.8. The molecule has 1 aliphatic rings. The number of anilines is 1.